The summed E-state index contributed by atoms with van der Waals surface area (Å²) in [6.07, 6.45) is -1.88. The highest BCUT2D eigenvalue weighted by molar-refractivity contribution is 6.33. The summed E-state index contributed by atoms with van der Waals surface area (Å²) in [6, 6.07) is 1.46. The lowest BCUT2D eigenvalue weighted by Crippen LogP contribution is -2.77. The molecule has 7 atom stereocenters. The van der Waals surface area contributed by atoms with Crippen LogP contribution in [0.25, 0.3) is 11.6 Å². The molecule has 43 heavy (non-hydrogen) atoms. The average Bonchev–Trinajstić information content (AvgIpc) is 2.93. The molecule has 10 nitrogen and oxygen atoms in total. The highest BCUT2D eigenvalue weighted by atomic mass is 19.2. The highest BCUT2D eigenvalue weighted by Crippen LogP contribution is 2.54. The topological polar surface area (TPSA) is 175 Å². The maximum Gasteiger partial charge on any atom is 0.235 e. The van der Waals surface area contributed by atoms with E-state index in [2.05, 4.69) is 0 Å². The van der Waals surface area contributed by atoms with Gasteiger partial charge in [0.25, 0.3) is 0 Å². The normalized spacial score (nSPS) is 31.3. The number of ketones is 4. The van der Waals surface area contributed by atoms with Crippen molar-refractivity contribution in [1.29, 1.82) is 0 Å². The Morgan fingerprint density at radius 3 is 2.05 bits per heavy atom. The lowest BCUT2D eigenvalue weighted by Gasteiger charge is -2.55. The predicted molar refractivity (Wildman–Crippen MR) is 133 cm³/mol. The molecule has 226 valence electrons. The van der Waals surface area contributed by atoms with Crippen molar-refractivity contribution in [3.05, 3.63) is 64.0 Å². The lowest BCUT2D eigenvalue weighted by atomic mass is 9.50. The number of nitrogens with zero attached hydrogens (tertiary/aromatic N) is 1. The number of primary amides is 1. The standard InChI is InChI=1S/C28H21F5N2O8/c1-35(2)21-15-23(38)12-8(6-9-16(29)18(31)20(33)19(32)17(9)30)7-4-3-5-10(36)11(7)22(37)13(12)25(40)28(15,43)26(41)14(24(21)39)27(34)42/h3-6,12-15,21,23,36,38,43H,1-2H3,(H2,34,42)/t12-,13?,14?,15-,21+,23+,28+/m1/s1. The number of hydrogen-bond acceptors (Lipinski definition) is 9. The maximum atomic E-state index is 14.8. The van der Waals surface area contributed by atoms with E-state index < -0.39 is 122 Å². The number of fused-ring (bicyclic) bond motifs is 3. The number of Topliss-reactive ketones (excluding diaryl/α,β-unsaturated/α-hetero) is 4. The molecule has 5 rings (SSSR count). The molecule has 0 heterocycles. The van der Waals surface area contributed by atoms with Gasteiger partial charge in [-0.05, 0) is 37.4 Å². The Bertz CT molecular complexity index is 1680. The van der Waals surface area contributed by atoms with Crippen LogP contribution in [0.4, 0.5) is 22.0 Å². The van der Waals surface area contributed by atoms with Gasteiger partial charge in [0.1, 0.15) is 5.75 Å². The summed E-state index contributed by atoms with van der Waals surface area (Å²) in [6.45, 7) is 0. The van der Waals surface area contributed by atoms with E-state index >= 15 is 0 Å². The predicted octanol–water partition coefficient (Wildman–Crippen LogP) is 0.531. The monoisotopic (exact) mass is 608 g/mol. The lowest BCUT2D eigenvalue weighted by molar-refractivity contribution is -0.192. The summed E-state index contributed by atoms with van der Waals surface area (Å²) in [5.74, 6) is -28.6. The average molecular weight is 608 g/mol. The van der Waals surface area contributed by atoms with Crippen molar-refractivity contribution in [1.82, 2.24) is 4.90 Å². The molecule has 0 saturated heterocycles. The molecule has 1 amide bonds. The minimum absolute atomic E-state index is 0.377. The van der Waals surface area contributed by atoms with E-state index in [4.69, 9.17) is 5.73 Å². The van der Waals surface area contributed by atoms with E-state index in [1.54, 1.807) is 0 Å². The van der Waals surface area contributed by atoms with E-state index in [9.17, 15) is 61.2 Å². The fraction of sp³-hybridized carbons (Fsp3) is 0.321. The van der Waals surface area contributed by atoms with Crippen molar-refractivity contribution >= 4 is 40.7 Å². The van der Waals surface area contributed by atoms with Crippen LogP contribution < -0.4 is 5.73 Å². The zero-order chi connectivity index (χ0) is 32.0. The number of rotatable bonds is 3. The zero-order valence-electron chi connectivity index (χ0n) is 22.1. The number of aliphatic hydroxyl groups excluding tert-OH is 1. The molecule has 2 unspecified atom stereocenters. The number of amides is 1. The van der Waals surface area contributed by atoms with E-state index in [1.807, 2.05) is 0 Å². The smallest absolute Gasteiger partial charge is 0.235 e. The molecular formula is C28H21F5N2O8. The fourth-order valence-electron chi connectivity index (χ4n) is 6.57. The molecule has 0 spiro atoms. The zero-order valence-corrected chi connectivity index (χ0v) is 22.1. The number of phenols is 1. The number of benzene rings is 2. The molecule has 0 bridgehead atoms. The second-order valence-corrected chi connectivity index (χ2v) is 10.8. The first-order chi connectivity index (χ1) is 20.0. The van der Waals surface area contributed by atoms with Crippen molar-refractivity contribution in [2.24, 2.45) is 29.4 Å². The summed E-state index contributed by atoms with van der Waals surface area (Å²) >= 11 is 0. The van der Waals surface area contributed by atoms with Gasteiger partial charge in [0.05, 0.1) is 35.1 Å². The summed E-state index contributed by atoms with van der Waals surface area (Å²) in [5, 5.41) is 33.9. The van der Waals surface area contributed by atoms with Crippen molar-refractivity contribution < 1.29 is 61.2 Å². The second kappa shape index (κ2) is 9.86. The van der Waals surface area contributed by atoms with Gasteiger partial charge in [-0.15, -0.1) is 0 Å². The Morgan fingerprint density at radius 1 is 0.953 bits per heavy atom. The Morgan fingerprint density at radius 2 is 1.51 bits per heavy atom. The molecule has 5 N–H and O–H groups in total. The molecule has 15 heteroatoms. The van der Waals surface area contributed by atoms with Gasteiger partial charge >= 0.3 is 0 Å². The first-order valence-electron chi connectivity index (χ1n) is 12.6. The van der Waals surface area contributed by atoms with Gasteiger partial charge in [-0.25, -0.2) is 22.0 Å². The quantitative estimate of drug-likeness (QED) is 0.168. The minimum Gasteiger partial charge on any atom is -0.507 e. The van der Waals surface area contributed by atoms with Crippen LogP contribution in [0.5, 0.6) is 5.75 Å². The van der Waals surface area contributed by atoms with Gasteiger partial charge < -0.3 is 21.1 Å². The Balaban J connectivity index is 1.86. The first kappa shape index (κ1) is 30.1. The third-order valence-corrected chi connectivity index (χ3v) is 8.42. The number of likely N-dealkylation sites (N-methyl/N-ethyl adjacent to an activating group) is 1. The van der Waals surface area contributed by atoms with Crippen molar-refractivity contribution in [3.8, 4) is 5.75 Å². The minimum atomic E-state index is -3.38. The van der Waals surface area contributed by atoms with Gasteiger partial charge in [-0.1, -0.05) is 12.1 Å². The first-order valence-corrected chi connectivity index (χ1v) is 12.6. The van der Waals surface area contributed by atoms with Gasteiger partial charge in [-0.3, -0.25) is 28.9 Å². The summed E-state index contributed by atoms with van der Waals surface area (Å²) in [7, 11) is 2.48. The van der Waals surface area contributed by atoms with Crippen LogP contribution in [0.15, 0.2) is 18.2 Å². The van der Waals surface area contributed by atoms with E-state index in [0.29, 0.717) is 6.08 Å². The van der Waals surface area contributed by atoms with Gasteiger partial charge in [-0.2, -0.15) is 0 Å². The van der Waals surface area contributed by atoms with Crippen molar-refractivity contribution in [2.75, 3.05) is 14.1 Å². The largest absolute Gasteiger partial charge is 0.507 e. The van der Waals surface area contributed by atoms with Crippen LogP contribution in [0.1, 0.15) is 21.5 Å². The third-order valence-electron chi connectivity index (χ3n) is 8.42. The summed E-state index contributed by atoms with van der Waals surface area (Å²) in [4.78, 5) is 67.6. The van der Waals surface area contributed by atoms with E-state index in [1.165, 1.54) is 14.1 Å². The van der Waals surface area contributed by atoms with Crippen LogP contribution in [0.3, 0.4) is 0 Å². The van der Waals surface area contributed by atoms with Crippen LogP contribution in [0.2, 0.25) is 0 Å². The molecule has 2 aromatic carbocycles. The molecule has 2 aromatic rings. The molecule has 0 aromatic heterocycles. The summed E-state index contributed by atoms with van der Waals surface area (Å²) < 4.78 is 71.6. The maximum absolute atomic E-state index is 14.8. The second-order valence-electron chi connectivity index (χ2n) is 10.8. The van der Waals surface area contributed by atoms with Gasteiger partial charge in [0, 0.05) is 5.92 Å². The number of hydrogen-bond donors (Lipinski definition) is 4. The SMILES string of the molecule is CN(C)[C@@H]1C(=O)C(C(N)=O)C(=O)[C@@]2(O)C(=O)C3C(=O)c4c(O)cccc4C(=Cc4c(F)c(F)c(F)c(F)c4F)[C@H]3[C@H](O)[C@@H]12. The molecule has 0 aliphatic heterocycles. The summed E-state index contributed by atoms with van der Waals surface area (Å²) in [5.41, 5.74) is -1.32. The number of phenolic OH excluding ortho intramolecular Hbond substituents is 1. The number of aromatic hydroxyl groups is 1. The molecule has 2 fully saturated rings. The molecular weight excluding hydrogens is 587 g/mol. The molecule has 3 aliphatic rings. The number of halogens is 5. The van der Waals surface area contributed by atoms with Crippen LogP contribution in [-0.2, 0) is 19.2 Å². The number of carbonyl (C=O) groups is 5. The highest BCUT2D eigenvalue weighted by Gasteiger charge is 2.72. The third kappa shape index (κ3) is 3.84. The Kier molecular flexibility index (Phi) is 6.91. The van der Waals surface area contributed by atoms with Crippen LogP contribution in [-0.4, -0.2) is 81.1 Å². The number of carbonyl (C=O) groups excluding carboxylic acids is 5. The van der Waals surface area contributed by atoms with Gasteiger partial charge in [0.15, 0.2) is 57.9 Å². The Hall–Kier alpha value is -4.34. The van der Waals surface area contributed by atoms with E-state index in [0.717, 1.165) is 23.1 Å². The molecule has 3 aliphatic carbocycles. The number of aliphatic hydroxyl groups is 2. The molecule has 2 saturated carbocycles. The molecule has 0 radical (unpaired) electrons. The van der Waals surface area contributed by atoms with Crippen molar-refractivity contribution in [3.63, 3.8) is 0 Å². The van der Waals surface area contributed by atoms with Crippen LogP contribution in [0, 0.1) is 52.8 Å². The fourth-order valence-corrected chi connectivity index (χ4v) is 6.57. The van der Waals surface area contributed by atoms with Gasteiger partial charge in [0.2, 0.25) is 11.7 Å². The van der Waals surface area contributed by atoms with Crippen LogP contribution >= 0.6 is 0 Å². The van der Waals surface area contributed by atoms with Crippen molar-refractivity contribution in [2.45, 2.75) is 17.7 Å². The van der Waals surface area contributed by atoms with E-state index in [-0.39, 0.29) is 5.56 Å². The Labute approximate surface area is 238 Å². The number of nitrogens with two attached hydrogens (primary N) is 1.